The van der Waals surface area contributed by atoms with Crippen molar-refractivity contribution in [1.82, 2.24) is 14.1 Å². The van der Waals surface area contributed by atoms with Crippen LogP contribution in [0.3, 0.4) is 0 Å². The second-order valence-electron chi connectivity index (χ2n) is 9.08. The molecule has 0 bridgehead atoms. The Labute approximate surface area is 223 Å². The first-order chi connectivity index (χ1) is 18.3. The lowest BCUT2D eigenvalue weighted by atomic mass is 10.1. The van der Waals surface area contributed by atoms with Crippen LogP contribution in [0.2, 0.25) is 0 Å². The van der Waals surface area contributed by atoms with Crippen molar-refractivity contribution in [2.75, 3.05) is 0 Å². The maximum Gasteiger partial charge on any atom is 0.145 e. The Kier molecular flexibility index (Phi) is 5.26. The van der Waals surface area contributed by atoms with Crippen LogP contribution < -0.4 is 0 Å². The number of para-hydroxylation sites is 5. The minimum absolute atomic E-state index is 0.914. The molecule has 7 aromatic rings. The summed E-state index contributed by atoms with van der Waals surface area (Å²) in [5.74, 6) is 0.914. The first-order valence-electron chi connectivity index (χ1n) is 12.3. The molecule has 0 atom stereocenters. The lowest BCUT2D eigenvalue weighted by molar-refractivity contribution is 1.10. The van der Waals surface area contributed by atoms with Crippen molar-refractivity contribution >= 4 is 37.9 Å². The van der Waals surface area contributed by atoms with E-state index in [0.717, 1.165) is 49.5 Å². The van der Waals surface area contributed by atoms with Gasteiger partial charge in [-0.1, -0.05) is 82.7 Å². The molecule has 0 unspecified atom stereocenters. The van der Waals surface area contributed by atoms with Crippen LogP contribution in [0.15, 0.2) is 138 Å². The van der Waals surface area contributed by atoms with E-state index in [4.69, 9.17) is 4.98 Å². The van der Waals surface area contributed by atoms with Gasteiger partial charge in [-0.05, 0) is 66.7 Å². The monoisotopic (exact) mass is 539 g/mol. The molecule has 2 aromatic heterocycles. The van der Waals surface area contributed by atoms with Crippen LogP contribution >= 0.6 is 15.9 Å². The van der Waals surface area contributed by atoms with Gasteiger partial charge in [-0.2, -0.15) is 0 Å². The van der Waals surface area contributed by atoms with Crippen LogP contribution in [0.5, 0.6) is 0 Å². The van der Waals surface area contributed by atoms with Gasteiger partial charge in [-0.25, -0.2) is 4.98 Å². The molecule has 0 amide bonds. The number of nitrogens with zero attached hydrogens (tertiary/aromatic N) is 3. The van der Waals surface area contributed by atoms with Crippen LogP contribution in [0.4, 0.5) is 0 Å². The highest BCUT2D eigenvalue weighted by molar-refractivity contribution is 9.10. The van der Waals surface area contributed by atoms with Gasteiger partial charge in [0.05, 0.1) is 22.2 Å². The SMILES string of the molecule is Brc1cc(-c2cc3ccccc3n2-c2ccccc2)cc(-c2nc3ccccc3n2-c2ccccc2)c1. The van der Waals surface area contributed by atoms with E-state index in [1.807, 2.05) is 12.1 Å². The highest BCUT2D eigenvalue weighted by atomic mass is 79.9. The molecule has 0 fully saturated rings. The first kappa shape index (κ1) is 21.8. The van der Waals surface area contributed by atoms with E-state index in [0.29, 0.717) is 0 Å². The molecule has 3 nitrogen and oxygen atoms in total. The fraction of sp³-hybridized carbons (Fsp3) is 0. The number of hydrogen-bond acceptors (Lipinski definition) is 1. The summed E-state index contributed by atoms with van der Waals surface area (Å²) in [6, 6.07) is 46.7. The lowest BCUT2D eigenvalue weighted by Gasteiger charge is -2.14. The lowest BCUT2D eigenvalue weighted by Crippen LogP contribution is -1.99. The van der Waals surface area contributed by atoms with Gasteiger partial charge in [0.25, 0.3) is 0 Å². The molecule has 176 valence electrons. The molecule has 0 saturated heterocycles. The molecule has 5 aromatic carbocycles. The number of hydrogen-bond donors (Lipinski definition) is 0. The molecule has 2 heterocycles. The van der Waals surface area contributed by atoms with Crippen molar-refractivity contribution in [2.24, 2.45) is 0 Å². The van der Waals surface area contributed by atoms with Gasteiger partial charge in [-0.3, -0.25) is 4.57 Å². The molecule has 0 N–H and O–H groups in total. The zero-order chi connectivity index (χ0) is 24.8. The van der Waals surface area contributed by atoms with Crippen LogP contribution in [0, 0.1) is 0 Å². The second kappa shape index (κ2) is 8.91. The van der Waals surface area contributed by atoms with E-state index in [2.05, 4.69) is 146 Å². The molecule has 0 saturated carbocycles. The largest absolute Gasteiger partial charge is 0.309 e. The van der Waals surface area contributed by atoms with Gasteiger partial charge in [-0.15, -0.1) is 0 Å². The Hall–Kier alpha value is -4.41. The Morgan fingerprint density at radius 1 is 0.514 bits per heavy atom. The van der Waals surface area contributed by atoms with Crippen molar-refractivity contribution in [1.29, 1.82) is 0 Å². The number of fused-ring (bicyclic) bond motifs is 2. The maximum atomic E-state index is 5.09. The molecule has 0 aliphatic carbocycles. The van der Waals surface area contributed by atoms with E-state index in [1.54, 1.807) is 0 Å². The summed E-state index contributed by atoms with van der Waals surface area (Å²) < 4.78 is 5.59. The summed E-state index contributed by atoms with van der Waals surface area (Å²) in [7, 11) is 0. The van der Waals surface area contributed by atoms with Crippen molar-refractivity contribution in [3.8, 4) is 34.0 Å². The standard InChI is InChI=1S/C33H22BrN3/c34-26-20-24(32-22-23-11-7-9-17-30(23)36(32)27-12-3-1-4-13-27)19-25(21-26)33-35-29-16-8-10-18-31(29)37(33)28-14-5-2-6-15-28/h1-22H. The Morgan fingerprint density at radius 2 is 1.11 bits per heavy atom. The molecular formula is C33H22BrN3. The third-order valence-corrected chi connectivity index (χ3v) is 7.21. The second-order valence-corrected chi connectivity index (χ2v) is 10.00. The fourth-order valence-corrected chi connectivity index (χ4v) is 5.64. The van der Waals surface area contributed by atoms with Crippen molar-refractivity contribution in [2.45, 2.75) is 0 Å². The number of rotatable bonds is 4. The Bertz CT molecular complexity index is 1750. The summed E-state index contributed by atoms with van der Waals surface area (Å²) in [6.45, 7) is 0. The predicted octanol–water partition coefficient (Wildman–Crippen LogP) is 9.07. The van der Waals surface area contributed by atoms with Crippen LogP contribution in [-0.4, -0.2) is 14.1 Å². The summed E-state index contributed by atoms with van der Waals surface area (Å²) >= 11 is 3.81. The van der Waals surface area contributed by atoms with E-state index in [1.165, 1.54) is 10.9 Å². The molecule has 0 spiro atoms. The van der Waals surface area contributed by atoms with Crippen LogP contribution in [0.1, 0.15) is 0 Å². The normalized spacial score (nSPS) is 11.4. The van der Waals surface area contributed by atoms with Crippen molar-refractivity contribution in [3.63, 3.8) is 0 Å². The zero-order valence-electron chi connectivity index (χ0n) is 19.9. The van der Waals surface area contributed by atoms with Crippen molar-refractivity contribution in [3.05, 3.63) is 138 Å². The highest BCUT2D eigenvalue weighted by Crippen LogP contribution is 2.37. The molecule has 7 rings (SSSR count). The minimum atomic E-state index is 0.914. The number of benzene rings is 5. The third kappa shape index (κ3) is 3.78. The fourth-order valence-electron chi connectivity index (χ4n) is 5.15. The summed E-state index contributed by atoms with van der Waals surface area (Å²) in [5, 5.41) is 1.21. The minimum Gasteiger partial charge on any atom is -0.309 e. The van der Waals surface area contributed by atoms with Gasteiger partial charge in [0.2, 0.25) is 0 Å². The van der Waals surface area contributed by atoms with Crippen LogP contribution in [0.25, 0.3) is 56.0 Å². The van der Waals surface area contributed by atoms with Gasteiger partial charge in [0.1, 0.15) is 5.82 Å². The van der Waals surface area contributed by atoms with Crippen LogP contribution in [-0.2, 0) is 0 Å². The average Bonchev–Trinajstić information content (AvgIpc) is 3.53. The van der Waals surface area contributed by atoms with E-state index in [9.17, 15) is 0 Å². The van der Waals surface area contributed by atoms with E-state index < -0.39 is 0 Å². The molecule has 4 heteroatoms. The topological polar surface area (TPSA) is 22.8 Å². The van der Waals surface area contributed by atoms with Gasteiger partial charge >= 0.3 is 0 Å². The maximum absolute atomic E-state index is 5.09. The number of aromatic nitrogens is 3. The van der Waals surface area contributed by atoms with E-state index in [-0.39, 0.29) is 0 Å². The highest BCUT2D eigenvalue weighted by Gasteiger charge is 2.18. The Balaban J connectivity index is 1.49. The predicted molar refractivity (Wildman–Crippen MR) is 156 cm³/mol. The summed E-state index contributed by atoms with van der Waals surface area (Å²) in [4.78, 5) is 5.09. The molecule has 0 aliphatic rings. The zero-order valence-corrected chi connectivity index (χ0v) is 21.5. The molecular weight excluding hydrogens is 518 g/mol. The molecule has 37 heavy (non-hydrogen) atoms. The number of halogens is 1. The molecule has 0 aliphatic heterocycles. The summed E-state index contributed by atoms with van der Waals surface area (Å²) in [6.07, 6.45) is 0. The summed E-state index contributed by atoms with van der Waals surface area (Å²) in [5.41, 5.74) is 8.78. The average molecular weight is 540 g/mol. The van der Waals surface area contributed by atoms with Gasteiger partial charge in [0.15, 0.2) is 0 Å². The van der Waals surface area contributed by atoms with Gasteiger partial charge < -0.3 is 4.57 Å². The third-order valence-electron chi connectivity index (χ3n) is 6.75. The van der Waals surface area contributed by atoms with Gasteiger partial charge in [0, 0.05) is 32.4 Å². The smallest absolute Gasteiger partial charge is 0.145 e. The van der Waals surface area contributed by atoms with Crippen molar-refractivity contribution < 1.29 is 0 Å². The first-order valence-corrected chi connectivity index (χ1v) is 13.1. The quantitative estimate of drug-likeness (QED) is 0.218. The molecule has 0 radical (unpaired) electrons. The van der Waals surface area contributed by atoms with E-state index >= 15 is 0 Å². The number of imidazole rings is 1. The Morgan fingerprint density at radius 3 is 1.86 bits per heavy atom.